The van der Waals surface area contributed by atoms with E-state index < -0.39 is 9.84 Å². The summed E-state index contributed by atoms with van der Waals surface area (Å²) < 4.78 is 24.9. The molecule has 0 radical (unpaired) electrons. The van der Waals surface area contributed by atoms with Crippen LogP contribution in [-0.2, 0) is 14.6 Å². The number of nitrogens with one attached hydrogen (secondary N) is 1. The summed E-state index contributed by atoms with van der Waals surface area (Å²) in [6.45, 7) is 3.53. The Morgan fingerprint density at radius 2 is 1.62 bits per heavy atom. The van der Waals surface area contributed by atoms with Gasteiger partial charge in [0.05, 0.1) is 22.0 Å². The Morgan fingerprint density at radius 3 is 2.28 bits per heavy atom. The van der Waals surface area contributed by atoms with Gasteiger partial charge in [0.15, 0.2) is 9.84 Å². The molecule has 0 aromatic heterocycles. The second-order valence-electron chi connectivity index (χ2n) is 7.02. The predicted molar refractivity (Wildman–Crippen MR) is 118 cm³/mol. The Balaban J connectivity index is 1.67. The van der Waals surface area contributed by atoms with Crippen LogP contribution >= 0.6 is 23.2 Å². The van der Waals surface area contributed by atoms with E-state index >= 15 is 0 Å². The van der Waals surface area contributed by atoms with Crippen molar-refractivity contribution in [3.8, 4) is 0 Å². The highest BCUT2D eigenvalue weighted by Crippen LogP contribution is 2.30. The van der Waals surface area contributed by atoms with Gasteiger partial charge in [-0.25, -0.2) is 8.42 Å². The minimum Gasteiger partial charge on any atom is -0.367 e. The zero-order chi connectivity index (χ0) is 21.0. The van der Waals surface area contributed by atoms with Crippen molar-refractivity contribution in [2.45, 2.75) is 11.3 Å². The number of benzene rings is 2. The largest absolute Gasteiger partial charge is 0.367 e. The minimum atomic E-state index is -3.57. The topological polar surface area (TPSA) is 69.7 Å². The van der Waals surface area contributed by atoms with Gasteiger partial charge in [0, 0.05) is 42.6 Å². The number of rotatable bonds is 6. The smallest absolute Gasteiger partial charge is 0.225 e. The Hall–Kier alpha value is -1.80. The van der Waals surface area contributed by atoms with E-state index in [4.69, 9.17) is 23.2 Å². The average molecular weight is 456 g/mol. The van der Waals surface area contributed by atoms with E-state index in [0.717, 1.165) is 31.9 Å². The summed E-state index contributed by atoms with van der Waals surface area (Å²) in [5, 5.41) is 3.79. The predicted octanol–water partition coefficient (Wildman–Crippen LogP) is 3.55. The number of amides is 1. The summed E-state index contributed by atoms with van der Waals surface area (Å²) in [5.41, 5.74) is 1.48. The lowest BCUT2D eigenvalue weighted by molar-refractivity contribution is -0.115. The van der Waals surface area contributed by atoms with Gasteiger partial charge in [-0.1, -0.05) is 23.2 Å². The Morgan fingerprint density at radius 1 is 1.00 bits per heavy atom. The fraction of sp³-hybridized carbons (Fsp3) is 0.350. The monoisotopic (exact) mass is 455 g/mol. The molecule has 0 spiro atoms. The van der Waals surface area contributed by atoms with Gasteiger partial charge in [-0.2, -0.15) is 0 Å². The molecule has 1 heterocycles. The van der Waals surface area contributed by atoms with Crippen molar-refractivity contribution in [3.63, 3.8) is 0 Å². The van der Waals surface area contributed by atoms with Crippen LogP contribution < -0.4 is 10.2 Å². The Labute approximate surface area is 181 Å². The maximum Gasteiger partial charge on any atom is 0.225 e. The average Bonchev–Trinajstić information content (AvgIpc) is 2.68. The normalized spacial score (nSPS) is 15.3. The number of sulfone groups is 1. The molecule has 1 saturated heterocycles. The molecule has 6 nitrogen and oxygen atoms in total. The summed E-state index contributed by atoms with van der Waals surface area (Å²) >= 11 is 11.9. The Bertz CT molecular complexity index is 973. The number of carbonyl (C=O) groups is 1. The summed E-state index contributed by atoms with van der Waals surface area (Å²) in [4.78, 5) is 17.1. The van der Waals surface area contributed by atoms with Crippen LogP contribution in [0.25, 0.3) is 0 Å². The first kappa shape index (κ1) is 21.9. The second-order valence-corrected chi connectivity index (χ2v) is 10.0. The van der Waals surface area contributed by atoms with E-state index in [0.29, 0.717) is 15.7 Å². The highest BCUT2D eigenvalue weighted by atomic mass is 35.5. The molecule has 1 aliphatic heterocycles. The number of carbonyl (C=O) groups excluding carboxylic acids is 1. The first-order chi connectivity index (χ1) is 13.7. The lowest BCUT2D eigenvalue weighted by Crippen LogP contribution is -2.44. The molecule has 2 aromatic rings. The SMILES string of the molecule is CN1CCN(c2ccc(Cl)cc2NC(=O)CCS(=O)(=O)c2ccc(Cl)cc2)CC1. The van der Waals surface area contributed by atoms with Gasteiger partial charge in [0.2, 0.25) is 5.91 Å². The molecule has 156 valence electrons. The molecule has 1 amide bonds. The van der Waals surface area contributed by atoms with Crippen molar-refractivity contribution < 1.29 is 13.2 Å². The molecule has 2 aromatic carbocycles. The minimum absolute atomic E-state index is 0.149. The summed E-state index contributed by atoms with van der Waals surface area (Å²) in [7, 11) is -1.50. The summed E-state index contributed by atoms with van der Waals surface area (Å²) in [6, 6.07) is 11.3. The van der Waals surface area contributed by atoms with E-state index in [-0.39, 0.29) is 23.0 Å². The molecule has 3 rings (SSSR count). The van der Waals surface area contributed by atoms with Crippen molar-refractivity contribution >= 4 is 50.3 Å². The van der Waals surface area contributed by atoms with Crippen molar-refractivity contribution in [2.24, 2.45) is 0 Å². The Kier molecular flexibility index (Phi) is 7.05. The first-order valence-corrected chi connectivity index (χ1v) is 11.7. The lowest BCUT2D eigenvalue weighted by Gasteiger charge is -2.35. The molecule has 0 bridgehead atoms. The zero-order valence-electron chi connectivity index (χ0n) is 16.1. The number of likely N-dealkylation sites (N-methyl/N-ethyl adjacent to an activating group) is 1. The van der Waals surface area contributed by atoms with Gasteiger partial charge in [-0.3, -0.25) is 4.79 Å². The van der Waals surface area contributed by atoms with Crippen LogP contribution in [-0.4, -0.2) is 58.2 Å². The molecule has 29 heavy (non-hydrogen) atoms. The van der Waals surface area contributed by atoms with E-state index in [9.17, 15) is 13.2 Å². The molecule has 1 fully saturated rings. The third-order valence-corrected chi connectivity index (χ3v) is 7.07. The number of anilines is 2. The van der Waals surface area contributed by atoms with Crippen LogP contribution in [0.1, 0.15) is 6.42 Å². The van der Waals surface area contributed by atoms with E-state index in [2.05, 4.69) is 22.2 Å². The molecule has 0 unspecified atom stereocenters. The van der Waals surface area contributed by atoms with Gasteiger partial charge >= 0.3 is 0 Å². The second kappa shape index (κ2) is 9.34. The van der Waals surface area contributed by atoms with E-state index in [1.54, 1.807) is 12.1 Å². The van der Waals surface area contributed by atoms with E-state index in [1.165, 1.54) is 24.3 Å². The standard InChI is InChI=1S/C20H23Cl2N3O3S/c1-24-9-11-25(12-10-24)19-7-4-16(22)14-18(19)23-20(26)8-13-29(27,28)17-5-2-15(21)3-6-17/h2-7,14H,8-13H2,1H3,(H,23,26). The quantitative estimate of drug-likeness (QED) is 0.720. The van der Waals surface area contributed by atoms with Crippen LogP contribution in [0.5, 0.6) is 0 Å². The molecular formula is C20H23Cl2N3O3S. The number of hydrogen-bond donors (Lipinski definition) is 1. The number of piperazine rings is 1. The number of nitrogens with zero attached hydrogens (tertiary/aromatic N) is 2. The molecule has 9 heteroatoms. The summed E-state index contributed by atoms with van der Waals surface area (Å²) in [6.07, 6.45) is -0.153. The first-order valence-electron chi connectivity index (χ1n) is 9.26. The van der Waals surface area contributed by atoms with Gasteiger partial charge in [0.25, 0.3) is 0 Å². The van der Waals surface area contributed by atoms with Crippen molar-refractivity contribution in [3.05, 3.63) is 52.5 Å². The summed E-state index contributed by atoms with van der Waals surface area (Å²) in [5.74, 6) is -0.662. The van der Waals surface area contributed by atoms with Crippen molar-refractivity contribution in [1.82, 2.24) is 4.90 Å². The van der Waals surface area contributed by atoms with Gasteiger partial charge in [0.1, 0.15) is 0 Å². The molecule has 0 atom stereocenters. The van der Waals surface area contributed by atoms with Crippen LogP contribution in [0.4, 0.5) is 11.4 Å². The third-order valence-electron chi connectivity index (χ3n) is 4.85. The maximum absolute atomic E-state index is 12.5. The lowest BCUT2D eigenvalue weighted by atomic mass is 10.2. The fourth-order valence-electron chi connectivity index (χ4n) is 3.13. The molecule has 1 aliphatic rings. The number of halogens is 2. The molecule has 1 N–H and O–H groups in total. The maximum atomic E-state index is 12.5. The van der Waals surface area contributed by atoms with Crippen molar-refractivity contribution in [1.29, 1.82) is 0 Å². The molecule has 0 aliphatic carbocycles. The molecular weight excluding hydrogens is 433 g/mol. The zero-order valence-corrected chi connectivity index (χ0v) is 18.4. The fourth-order valence-corrected chi connectivity index (χ4v) is 4.67. The highest BCUT2D eigenvalue weighted by Gasteiger charge is 2.20. The van der Waals surface area contributed by atoms with Crippen LogP contribution in [0.2, 0.25) is 10.0 Å². The highest BCUT2D eigenvalue weighted by molar-refractivity contribution is 7.91. The van der Waals surface area contributed by atoms with Crippen LogP contribution in [0, 0.1) is 0 Å². The van der Waals surface area contributed by atoms with Crippen molar-refractivity contribution in [2.75, 3.05) is 49.2 Å². The van der Waals surface area contributed by atoms with E-state index in [1.807, 2.05) is 6.07 Å². The van der Waals surface area contributed by atoms with Gasteiger partial charge < -0.3 is 15.1 Å². The van der Waals surface area contributed by atoms with Crippen LogP contribution in [0.15, 0.2) is 47.4 Å². The number of hydrogen-bond acceptors (Lipinski definition) is 5. The van der Waals surface area contributed by atoms with Crippen LogP contribution in [0.3, 0.4) is 0 Å². The van der Waals surface area contributed by atoms with Gasteiger partial charge in [-0.05, 0) is 49.5 Å². The molecule has 0 saturated carbocycles. The van der Waals surface area contributed by atoms with Gasteiger partial charge in [-0.15, -0.1) is 0 Å². The third kappa shape index (κ3) is 5.85.